The van der Waals surface area contributed by atoms with Crippen molar-refractivity contribution in [1.29, 1.82) is 0 Å². The Balaban J connectivity index is 2.09. The van der Waals surface area contributed by atoms with E-state index in [0.717, 1.165) is 0 Å². The number of thiophene rings is 1. The van der Waals surface area contributed by atoms with E-state index >= 15 is 0 Å². The van der Waals surface area contributed by atoms with E-state index in [1.54, 1.807) is 35.7 Å². The number of benzene rings is 1. The summed E-state index contributed by atoms with van der Waals surface area (Å²) < 4.78 is 0. The Morgan fingerprint density at radius 2 is 1.90 bits per heavy atom. The molecule has 0 saturated carbocycles. The van der Waals surface area contributed by atoms with Crippen LogP contribution in [0, 0.1) is 0 Å². The summed E-state index contributed by atoms with van der Waals surface area (Å²) in [6.07, 6.45) is 0. The zero-order valence-corrected chi connectivity index (χ0v) is 11.3. The lowest BCUT2D eigenvalue weighted by Crippen LogP contribution is -2.33. The fraction of sp³-hybridized carbons (Fsp3) is 0.0667. The van der Waals surface area contributed by atoms with Crippen LogP contribution in [0.5, 0.6) is 0 Å². The summed E-state index contributed by atoms with van der Waals surface area (Å²) in [6, 6.07) is 9.50. The van der Waals surface area contributed by atoms with Gasteiger partial charge in [-0.05, 0) is 17.5 Å². The molecular weight excluding hydrogens is 274 g/mol. The fourth-order valence-electron chi connectivity index (χ4n) is 2.38. The average molecular weight is 285 g/mol. The number of carboxylic acids is 1. The maximum absolute atomic E-state index is 12.5. The Morgan fingerprint density at radius 3 is 2.45 bits per heavy atom. The van der Waals surface area contributed by atoms with E-state index in [1.807, 2.05) is 6.07 Å². The summed E-state index contributed by atoms with van der Waals surface area (Å²) in [4.78, 5) is 25.9. The van der Waals surface area contributed by atoms with Gasteiger partial charge in [0.05, 0.1) is 0 Å². The fourth-order valence-corrected chi connectivity index (χ4v) is 3.19. The number of carbonyl (C=O) groups is 2. The van der Waals surface area contributed by atoms with Crippen LogP contribution in [0.1, 0.15) is 26.8 Å². The predicted octanol–water partition coefficient (Wildman–Crippen LogP) is 3.00. The highest BCUT2D eigenvalue weighted by atomic mass is 32.1. The van der Waals surface area contributed by atoms with E-state index in [4.69, 9.17) is 0 Å². The highest BCUT2D eigenvalue weighted by molar-refractivity contribution is 7.10. The number of carboxylic acid groups (broad SMARTS) is 1. The Bertz CT molecular complexity index is 671. The van der Waals surface area contributed by atoms with E-state index in [2.05, 4.69) is 6.58 Å². The molecule has 1 aromatic heterocycles. The Morgan fingerprint density at radius 1 is 1.20 bits per heavy atom. The second-order valence-electron chi connectivity index (χ2n) is 4.42. The van der Waals surface area contributed by atoms with Crippen LogP contribution in [-0.2, 0) is 4.79 Å². The molecule has 5 heteroatoms. The minimum Gasteiger partial charge on any atom is -0.479 e. The van der Waals surface area contributed by atoms with E-state index < -0.39 is 12.0 Å². The number of nitrogens with zero attached hydrogens (tertiary/aromatic N) is 1. The topological polar surface area (TPSA) is 57.6 Å². The maximum atomic E-state index is 12.5. The van der Waals surface area contributed by atoms with Gasteiger partial charge in [-0.1, -0.05) is 30.8 Å². The summed E-state index contributed by atoms with van der Waals surface area (Å²) in [5, 5.41) is 11.3. The molecule has 1 aliphatic heterocycles. The van der Waals surface area contributed by atoms with Gasteiger partial charge >= 0.3 is 5.97 Å². The molecule has 3 rings (SSSR count). The van der Waals surface area contributed by atoms with E-state index in [1.165, 1.54) is 16.2 Å². The number of fused-ring (bicyclic) bond motifs is 1. The normalized spacial score (nSPS) is 15.3. The number of aliphatic carboxylic acids is 1. The number of hydrogen-bond donors (Lipinski definition) is 1. The first-order valence-corrected chi connectivity index (χ1v) is 6.87. The molecule has 1 N–H and O–H groups in total. The van der Waals surface area contributed by atoms with Crippen molar-refractivity contribution in [2.24, 2.45) is 0 Å². The maximum Gasteiger partial charge on any atom is 0.332 e. The molecule has 0 fully saturated rings. The smallest absolute Gasteiger partial charge is 0.332 e. The average Bonchev–Trinajstić information content (AvgIpc) is 3.03. The van der Waals surface area contributed by atoms with Crippen molar-refractivity contribution in [2.75, 3.05) is 0 Å². The molecule has 0 saturated heterocycles. The van der Waals surface area contributed by atoms with Gasteiger partial charge in [0.25, 0.3) is 5.91 Å². The van der Waals surface area contributed by atoms with Crippen LogP contribution >= 0.6 is 11.3 Å². The van der Waals surface area contributed by atoms with Crippen LogP contribution in [-0.4, -0.2) is 21.9 Å². The molecule has 1 amide bonds. The van der Waals surface area contributed by atoms with Gasteiger partial charge in [-0.25, -0.2) is 4.79 Å². The van der Waals surface area contributed by atoms with Crippen molar-refractivity contribution in [3.05, 3.63) is 64.4 Å². The molecular formula is C15H11NO3S. The van der Waals surface area contributed by atoms with Crippen LogP contribution < -0.4 is 0 Å². The molecule has 1 unspecified atom stereocenters. The van der Waals surface area contributed by atoms with Crippen molar-refractivity contribution < 1.29 is 14.7 Å². The second-order valence-corrected chi connectivity index (χ2v) is 5.40. The Kier molecular flexibility index (Phi) is 2.91. The van der Waals surface area contributed by atoms with Gasteiger partial charge in [-0.3, -0.25) is 9.69 Å². The molecule has 0 bridgehead atoms. The first kappa shape index (κ1) is 12.6. The van der Waals surface area contributed by atoms with Crippen molar-refractivity contribution in [3.8, 4) is 0 Å². The van der Waals surface area contributed by atoms with E-state index in [0.29, 0.717) is 21.7 Å². The van der Waals surface area contributed by atoms with Crippen molar-refractivity contribution in [3.63, 3.8) is 0 Å². The minimum absolute atomic E-state index is 0.314. The molecule has 0 aliphatic carbocycles. The van der Waals surface area contributed by atoms with E-state index in [9.17, 15) is 14.7 Å². The molecule has 2 heterocycles. The van der Waals surface area contributed by atoms with E-state index in [-0.39, 0.29) is 5.91 Å². The quantitative estimate of drug-likeness (QED) is 0.943. The molecule has 20 heavy (non-hydrogen) atoms. The lowest BCUT2D eigenvalue weighted by Gasteiger charge is -2.24. The van der Waals surface area contributed by atoms with Crippen LogP contribution in [0.25, 0.3) is 5.70 Å². The SMILES string of the molecule is C=C1c2ccccc2C(=O)N1C(C(=O)O)c1cccs1. The van der Waals surface area contributed by atoms with Crippen molar-refractivity contribution >= 4 is 28.9 Å². The predicted molar refractivity (Wildman–Crippen MR) is 76.3 cm³/mol. The van der Waals surface area contributed by atoms with Gasteiger partial charge in [0.15, 0.2) is 6.04 Å². The Hall–Kier alpha value is -2.40. The number of amides is 1. The van der Waals surface area contributed by atoms with Gasteiger partial charge in [0.1, 0.15) is 0 Å². The van der Waals surface area contributed by atoms with Crippen LogP contribution in [0.4, 0.5) is 0 Å². The summed E-state index contributed by atoms with van der Waals surface area (Å²) in [6.45, 7) is 3.89. The van der Waals surface area contributed by atoms with Crippen LogP contribution in [0.3, 0.4) is 0 Å². The number of rotatable bonds is 3. The molecule has 1 aliphatic rings. The second kappa shape index (κ2) is 4.61. The first-order valence-electron chi connectivity index (χ1n) is 5.99. The molecule has 0 spiro atoms. The third kappa shape index (κ3) is 1.75. The lowest BCUT2D eigenvalue weighted by atomic mass is 10.1. The summed E-state index contributed by atoms with van der Waals surface area (Å²) in [5.41, 5.74) is 1.63. The van der Waals surface area contributed by atoms with Gasteiger partial charge in [0, 0.05) is 21.7 Å². The van der Waals surface area contributed by atoms with Gasteiger partial charge < -0.3 is 5.11 Å². The van der Waals surface area contributed by atoms with Gasteiger partial charge in [-0.15, -0.1) is 11.3 Å². The number of hydrogen-bond acceptors (Lipinski definition) is 3. The molecule has 4 nitrogen and oxygen atoms in total. The first-order chi connectivity index (χ1) is 9.61. The highest BCUT2D eigenvalue weighted by Gasteiger charge is 2.40. The monoisotopic (exact) mass is 285 g/mol. The van der Waals surface area contributed by atoms with Gasteiger partial charge in [0.2, 0.25) is 0 Å². The Labute approximate surface area is 119 Å². The molecule has 100 valence electrons. The minimum atomic E-state index is -1.06. The molecule has 1 atom stereocenters. The zero-order valence-electron chi connectivity index (χ0n) is 10.4. The van der Waals surface area contributed by atoms with Crippen molar-refractivity contribution in [1.82, 2.24) is 4.90 Å². The highest BCUT2D eigenvalue weighted by Crippen LogP contribution is 2.39. The summed E-state index contributed by atoms with van der Waals surface area (Å²) in [7, 11) is 0. The van der Waals surface area contributed by atoms with Gasteiger partial charge in [-0.2, -0.15) is 0 Å². The molecule has 2 aromatic rings. The standard InChI is InChI=1S/C15H11NO3S/c1-9-10-5-2-3-6-11(10)14(17)16(9)13(15(18)19)12-7-4-8-20-12/h2-8,13H,1H2,(H,18,19). The number of carbonyl (C=O) groups excluding carboxylic acids is 1. The summed E-state index contributed by atoms with van der Waals surface area (Å²) >= 11 is 1.31. The lowest BCUT2D eigenvalue weighted by molar-refractivity contribution is -0.141. The van der Waals surface area contributed by atoms with Crippen LogP contribution in [0.2, 0.25) is 0 Å². The third-order valence-corrected chi connectivity index (χ3v) is 4.21. The van der Waals surface area contributed by atoms with Crippen molar-refractivity contribution in [2.45, 2.75) is 6.04 Å². The third-order valence-electron chi connectivity index (χ3n) is 3.28. The summed E-state index contributed by atoms with van der Waals surface area (Å²) in [5.74, 6) is -1.37. The molecule has 1 aromatic carbocycles. The zero-order chi connectivity index (χ0) is 14.3. The largest absolute Gasteiger partial charge is 0.479 e. The van der Waals surface area contributed by atoms with Crippen LogP contribution in [0.15, 0.2) is 48.4 Å². The molecule has 0 radical (unpaired) electrons.